The average Bonchev–Trinajstić information content (AvgIpc) is 2.76. The Morgan fingerprint density at radius 1 is 1.24 bits per heavy atom. The van der Waals surface area contributed by atoms with Gasteiger partial charge in [-0.2, -0.15) is 0 Å². The Kier molecular flexibility index (Phi) is 2.83. The first-order valence-electron chi connectivity index (χ1n) is 6.77. The molecule has 0 radical (unpaired) electrons. The van der Waals surface area contributed by atoms with E-state index in [-0.39, 0.29) is 5.60 Å². The maximum Gasteiger partial charge on any atom is 0.123 e. The van der Waals surface area contributed by atoms with Crippen LogP contribution in [-0.4, -0.2) is 12.1 Å². The van der Waals surface area contributed by atoms with E-state index in [1.165, 1.54) is 36.8 Å². The highest BCUT2D eigenvalue weighted by Crippen LogP contribution is 2.36. The van der Waals surface area contributed by atoms with Crippen molar-refractivity contribution in [2.45, 2.75) is 51.2 Å². The zero-order chi connectivity index (χ0) is 11.7. The quantitative estimate of drug-likeness (QED) is 0.844. The summed E-state index contributed by atoms with van der Waals surface area (Å²) in [5.41, 5.74) is 2.93. The van der Waals surface area contributed by atoms with Crippen LogP contribution in [-0.2, 0) is 13.0 Å². The fourth-order valence-corrected chi connectivity index (χ4v) is 3.08. The molecule has 1 aromatic rings. The van der Waals surface area contributed by atoms with Gasteiger partial charge in [0.2, 0.25) is 0 Å². The summed E-state index contributed by atoms with van der Waals surface area (Å²) >= 11 is 0. The van der Waals surface area contributed by atoms with Crippen molar-refractivity contribution in [2.24, 2.45) is 0 Å². The molecule has 1 fully saturated rings. The molecule has 1 aliphatic carbocycles. The van der Waals surface area contributed by atoms with Crippen LogP contribution in [0.4, 0.5) is 0 Å². The van der Waals surface area contributed by atoms with Gasteiger partial charge in [-0.05, 0) is 62.8 Å². The molecule has 0 aromatic heterocycles. The molecule has 2 nitrogen and oxygen atoms in total. The van der Waals surface area contributed by atoms with E-state index in [1.54, 1.807) is 0 Å². The first kappa shape index (κ1) is 11.1. The summed E-state index contributed by atoms with van der Waals surface area (Å²) in [6.45, 7) is 4.33. The van der Waals surface area contributed by atoms with Crippen molar-refractivity contribution in [1.82, 2.24) is 5.32 Å². The maximum atomic E-state index is 6.33. The van der Waals surface area contributed by atoms with E-state index < -0.39 is 0 Å². The molecular formula is C15H21NO. The second kappa shape index (κ2) is 4.34. The smallest absolute Gasteiger partial charge is 0.123 e. The van der Waals surface area contributed by atoms with Crippen LogP contribution in [0, 0.1) is 0 Å². The summed E-state index contributed by atoms with van der Waals surface area (Å²) in [5.74, 6) is 1.13. The summed E-state index contributed by atoms with van der Waals surface area (Å²) in [5, 5.41) is 3.42. The molecule has 1 saturated carbocycles. The van der Waals surface area contributed by atoms with Gasteiger partial charge in [-0.1, -0.05) is 12.1 Å². The van der Waals surface area contributed by atoms with Crippen molar-refractivity contribution in [1.29, 1.82) is 0 Å². The highest BCUT2D eigenvalue weighted by Gasteiger charge is 2.31. The van der Waals surface area contributed by atoms with Crippen molar-refractivity contribution < 1.29 is 4.74 Å². The van der Waals surface area contributed by atoms with Gasteiger partial charge in [0.1, 0.15) is 11.4 Å². The first-order chi connectivity index (χ1) is 8.27. The molecular weight excluding hydrogens is 210 g/mol. The number of nitrogens with one attached hydrogen (secondary N) is 1. The molecule has 17 heavy (non-hydrogen) atoms. The lowest BCUT2D eigenvalue weighted by molar-refractivity contribution is 0.0952. The van der Waals surface area contributed by atoms with Gasteiger partial charge >= 0.3 is 0 Å². The second-order valence-corrected chi connectivity index (χ2v) is 5.58. The van der Waals surface area contributed by atoms with E-state index in [2.05, 4.69) is 30.4 Å². The van der Waals surface area contributed by atoms with Gasteiger partial charge in [0.25, 0.3) is 0 Å². The van der Waals surface area contributed by atoms with E-state index in [4.69, 9.17) is 4.74 Å². The molecule has 92 valence electrons. The number of fused-ring (bicyclic) bond motifs is 1. The van der Waals surface area contributed by atoms with Crippen LogP contribution >= 0.6 is 0 Å². The number of hydrogen-bond donors (Lipinski definition) is 1. The largest absolute Gasteiger partial charge is 0.487 e. The van der Waals surface area contributed by atoms with Crippen LogP contribution in [0.5, 0.6) is 5.75 Å². The molecule has 0 atom stereocenters. The average molecular weight is 231 g/mol. The van der Waals surface area contributed by atoms with Crippen molar-refractivity contribution in [3.05, 3.63) is 29.3 Å². The number of hydrogen-bond acceptors (Lipinski definition) is 2. The third-order valence-corrected chi connectivity index (χ3v) is 4.11. The van der Waals surface area contributed by atoms with Crippen LogP contribution in [0.1, 0.15) is 43.7 Å². The summed E-state index contributed by atoms with van der Waals surface area (Å²) in [4.78, 5) is 0. The van der Waals surface area contributed by atoms with E-state index >= 15 is 0 Å². The topological polar surface area (TPSA) is 21.3 Å². The fraction of sp³-hybridized carbons (Fsp3) is 0.600. The standard InChI is InChI=1S/C15H21NO/c1-15(8-2-3-9-15)17-14-6-4-5-12-11-16-10-7-13(12)14/h4-6,16H,2-3,7-11H2,1H3. The number of rotatable bonds is 2. The molecule has 1 heterocycles. The highest BCUT2D eigenvalue weighted by atomic mass is 16.5. The molecule has 0 unspecified atom stereocenters. The van der Waals surface area contributed by atoms with Crippen molar-refractivity contribution in [2.75, 3.05) is 6.54 Å². The first-order valence-corrected chi connectivity index (χ1v) is 6.77. The van der Waals surface area contributed by atoms with Crippen LogP contribution in [0.3, 0.4) is 0 Å². The zero-order valence-electron chi connectivity index (χ0n) is 10.6. The predicted octanol–water partition coefficient (Wildman–Crippen LogP) is 3.04. The Morgan fingerprint density at radius 2 is 2.06 bits per heavy atom. The van der Waals surface area contributed by atoms with Gasteiger partial charge in [0.05, 0.1) is 0 Å². The molecule has 2 aliphatic rings. The van der Waals surface area contributed by atoms with Crippen molar-refractivity contribution in [3.8, 4) is 5.75 Å². The van der Waals surface area contributed by atoms with Gasteiger partial charge in [-0.15, -0.1) is 0 Å². The highest BCUT2D eigenvalue weighted by molar-refractivity contribution is 5.42. The number of benzene rings is 1. The Balaban J connectivity index is 1.87. The number of ether oxygens (including phenoxy) is 1. The van der Waals surface area contributed by atoms with Gasteiger partial charge in [-0.3, -0.25) is 0 Å². The zero-order valence-corrected chi connectivity index (χ0v) is 10.6. The summed E-state index contributed by atoms with van der Waals surface area (Å²) < 4.78 is 6.33. The predicted molar refractivity (Wildman–Crippen MR) is 69.4 cm³/mol. The van der Waals surface area contributed by atoms with Crippen LogP contribution in [0.2, 0.25) is 0 Å². The van der Waals surface area contributed by atoms with Gasteiger partial charge < -0.3 is 10.1 Å². The molecule has 1 N–H and O–H groups in total. The Bertz CT molecular complexity index is 407. The lowest BCUT2D eigenvalue weighted by Crippen LogP contribution is -2.30. The summed E-state index contributed by atoms with van der Waals surface area (Å²) in [7, 11) is 0. The molecule has 0 amide bonds. The SMILES string of the molecule is CC1(Oc2cccc3c2CCNC3)CCCC1. The van der Waals surface area contributed by atoms with Crippen LogP contribution in [0.25, 0.3) is 0 Å². The summed E-state index contributed by atoms with van der Waals surface area (Å²) in [6, 6.07) is 6.48. The molecule has 3 rings (SSSR count). The molecule has 0 bridgehead atoms. The molecule has 1 aliphatic heterocycles. The monoisotopic (exact) mass is 231 g/mol. The van der Waals surface area contributed by atoms with Crippen molar-refractivity contribution >= 4 is 0 Å². The second-order valence-electron chi connectivity index (χ2n) is 5.58. The minimum Gasteiger partial charge on any atom is -0.487 e. The third kappa shape index (κ3) is 2.19. The molecule has 2 heteroatoms. The maximum absolute atomic E-state index is 6.33. The molecule has 0 spiro atoms. The van der Waals surface area contributed by atoms with Crippen molar-refractivity contribution in [3.63, 3.8) is 0 Å². The van der Waals surface area contributed by atoms with Crippen LogP contribution in [0.15, 0.2) is 18.2 Å². The van der Waals surface area contributed by atoms with Crippen LogP contribution < -0.4 is 10.1 Å². The van der Waals surface area contributed by atoms with Gasteiger partial charge in [0.15, 0.2) is 0 Å². The van der Waals surface area contributed by atoms with E-state index in [0.717, 1.165) is 25.3 Å². The molecule has 1 aromatic carbocycles. The normalized spacial score (nSPS) is 22.2. The third-order valence-electron chi connectivity index (χ3n) is 4.11. The fourth-order valence-electron chi connectivity index (χ4n) is 3.08. The molecule has 0 saturated heterocycles. The van der Waals surface area contributed by atoms with E-state index in [0.29, 0.717) is 0 Å². The minimum atomic E-state index is 0.0833. The van der Waals surface area contributed by atoms with E-state index in [1.807, 2.05) is 0 Å². The lowest BCUT2D eigenvalue weighted by Gasteiger charge is -2.29. The van der Waals surface area contributed by atoms with Gasteiger partial charge in [0, 0.05) is 6.54 Å². The Morgan fingerprint density at radius 3 is 2.88 bits per heavy atom. The van der Waals surface area contributed by atoms with E-state index in [9.17, 15) is 0 Å². The Labute approximate surface area is 103 Å². The summed E-state index contributed by atoms with van der Waals surface area (Å²) in [6.07, 6.45) is 6.13. The van der Waals surface area contributed by atoms with Gasteiger partial charge in [-0.25, -0.2) is 0 Å². The Hall–Kier alpha value is -1.02. The lowest BCUT2D eigenvalue weighted by atomic mass is 9.99. The minimum absolute atomic E-state index is 0.0833.